The van der Waals surface area contributed by atoms with Crippen LogP contribution < -0.4 is 4.90 Å². The first kappa shape index (κ1) is 28.6. The normalized spacial score (nSPS) is 11.3. The summed E-state index contributed by atoms with van der Waals surface area (Å²) < 4.78 is 4.50. The minimum atomic E-state index is 1.06. The van der Waals surface area contributed by atoms with Crippen molar-refractivity contribution in [3.8, 4) is 27.9 Å². The van der Waals surface area contributed by atoms with Crippen molar-refractivity contribution in [3.63, 3.8) is 0 Å². The molecule has 2 nitrogen and oxygen atoms in total. The van der Waals surface area contributed by atoms with E-state index in [-0.39, 0.29) is 0 Å². The van der Waals surface area contributed by atoms with Crippen molar-refractivity contribution < 1.29 is 0 Å². The number of hydrogen-bond acceptors (Lipinski definition) is 1. The molecule has 4 heteroatoms. The minimum absolute atomic E-state index is 1.06. The van der Waals surface area contributed by atoms with Crippen LogP contribution in [0.3, 0.4) is 0 Å². The topological polar surface area (TPSA) is 8.17 Å². The molecule has 0 amide bonds. The molecule has 46 heavy (non-hydrogen) atoms. The molecular weight excluding hydrogens is 692 g/mol. The fraction of sp³-hybridized carbons (Fsp3) is 0. The average Bonchev–Trinajstić information content (AvgIpc) is 3.44. The molecule has 1 aromatic heterocycles. The van der Waals surface area contributed by atoms with Gasteiger partial charge in [0, 0.05) is 42.5 Å². The Balaban J connectivity index is 1.29. The number of benzene rings is 7. The predicted molar refractivity (Wildman–Crippen MR) is 202 cm³/mol. The zero-order valence-electron chi connectivity index (χ0n) is 24.8. The highest BCUT2D eigenvalue weighted by Gasteiger charge is 2.17. The highest BCUT2D eigenvalue weighted by atomic mass is 79.9. The maximum atomic E-state index is 3.60. The van der Waals surface area contributed by atoms with Gasteiger partial charge in [0.05, 0.1) is 11.0 Å². The fourth-order valence-electron chi connectivity index (χ4n) is 6.30. The predicted octanol–water partition coefficient (Wildman–Crippen LogP) is 13.1. The summed E-state index contributed by atoms with van der Waals surface area (Å²) in [7, 11) is 0. The lowest BCUT2D eigenvalue weighted by molar-refractivity contribution is 1.17. The molecule has 8 aromatic rings. The molecule has 0 fully saturated rings. The zero-order chi connectivity index (χ0) is 31.0. The van der Waals surface area contributed by atoms with E-state index in [2.05, 4.69) is 211 Å². The molecule has 220 valence electrons. The summed E-state index contributed by atoms with van der Waals surface area (Å²) in [4.78, 5) is 2.28. The van der Waals surface area contributed by atoms with E-state index >= 15 is 0 Å². The van der Waals surface area contributed by atoms with E-state index in [0.29, 0.717) is 0 Å². The Bertz CT molecular complexity index is 2150. The Hall–Kier alpha value is -4.90. The van der Waals surface area contributed by atoms with Gasteiger partial charge in [0.25, 0.3) is 0 Å². The second-order valence-corrected chi connectivity index (χ2v) is 13.2. The highest BCUT2D eigenvalue weighted by Crippen LogP contribution is 2.39. The van der Waals surface area contributed by atoms with Crippen molar-refractivity contribution in [1.82, 2.24) is 4.57 Å². The Morgan fingerprint density at radius 1 is 0.370 bits per heavy atom. The quantitative estimate of drug-likeness (QED) is 0.166. The van der Waals surface area contributed by atoms with Crippen molar-refractivity contribution in [2.45, 2.75) is 0 Å². The number of fused-ring (bicyclic) bond motifs is 3. The highest BCUT2D eigenvalue weighted by molar-refractivity contribution is 9.10. The van der Waals surface area contributed by atoms with Crippen molar-refractivity contribution in [1.29, 1.82) is 0 Å². The van der Waals surface area contributed by atoms with Crippen LogP contribution in [0.4, 0.5) is 17.1 Å². The van der Waals surface area contributed by atoms with Crippen LogP contribution >= 0.6 is 31.9 Å². The van der Waals surface area contributed by atoms with Gasteiger partial charge in [0.2, 0.25) is 0 Å². The summed E-state index contributed by atoms with van der Waals surface area (Å²) in [6.45, 7) is 0. The van der Waals surface area contributed by atoms with E-state index in [1.807, 2.05) is 0 Å². The monoisotopic (exact) mass is 718 g/mol. The summed E-state index contributed by atoms with van der Waals surface area (Å²) in [5.41, 5.74) is 11.6. The number of hydrogen-bond donors (Lipinski definition) is 0. The molecular formula is C42H28Br2N2. The molecule has 0 saturated carbocycles. The van der Waals surface area contributed by atoms with Crippen LogP contribution in [0.15, 0.2) is 179 Å². The van der Waals surface area contributed by atoms with Gasteiger partial charge in [-0.3, -0.25) is 0 Å². The lowest BCUT2D eigenvalue weighted by Crippen LogP contribution is -2.10. The summed E-state index contributed by atoms with van der Waals surface area (Å²) >= 11 is 7.19. The molecule has 0 unspecified atom stereocenters. The minimum Gasteiger partial charge on any atom is -0.311 e. The molecule has 0 N–H and O–H groups in total. The van der Waals surface area contributed by atoms with Gasteiger partial charge < -0.3 is 9.47 Å². The van der Waals surface area contributed by atoms with Gasteiger partial charge in [-0.05, 0) is 119 Å². The van der Waals surface area contributed by atoms with E-state index in [1.54, 1.807) is 0 Å². The van der Waals surface area contributed by atoms with Crippen molar-refractivity contribution in [2.75, 3.05) is 4.90 Å². The van der Waals surface area contributed by atoms with E-state index in [0.717, 1.165) is 31.7 Å². The summed E-state index contributed by atoms with van der Waals surface area (Å²) in [6.07, 6.45) is 0. The van der Waals surface area contributed by atoms with Crippen molar-refractivity contribution in [2.24, 2.45) is 0 Å². The fourth-order valence-corrected chi connectivity index (χ4v) is 6.83. The third-order valence-electron chi connectivity index (χ3n) is 8.52. The van der Waals surface area contributed by atoms with Gasteiger partial charge in [-0.2, -0.15) is 0 Å². The molecule has 0 aliphatic rings. The molecule has 0 aliphatic carbocycles. The Morgan fingerprint density at radius 2 is 0.761 bits per heavy atom. The van der Waals surface area contributed by atoms with E-state index in [4.69, 9.17) is 0 Å². The van der Waals surface area contributed by atoms with E-state index in [9.17, 15) is 0 Å². The molecule has 0 aliphatic heterocycles. The number of nitrogens with zero attached hydrogens (tertiary/aromatic N) is 2. The molecule has 0 radical (unpaired) electrons. The standard InChI is InChI=1S/C42H28Br2N2/c43-33-13-17-35(18-14-33)45(36-19-15-34(44)16-20-36)37-21-23-38(24-22-37)46-41-25-11-31(29-7-3-1-4-8-29)27-39(41)40-28-32(12-26-42(40)46)30-9-5-2-6-10-30/h1-28H. The zero-order valence-corrected chi connectivity index (χ0v) is 28.0. The molecule has 0 saturated heterocycles. The summed E-state index contributed by atoms with van der Waals surface area (Å²) in [6, 6.07) is 60.7. The molecule has 0 atom stereocenters. The van der Waals surface area contributed by atoms with Crippen molar-refractivity contribution in [3.05, 3.63) is 179 Å². The van der Waals surface area contributed by atoms with Gasteiger partial charge in [-0.15, -0.1) is 0 Å². The summed E-state index contributed by atoms with van der Waals surface area (Å²) in [5, 5.41) is 2.48. The Kier molecular flexibility index (Phi) is 7.53. The van der Waals surface area contributed by atoms with Gasteiger partial charge >= 0.3 is 0 Å². The third-order valence-corrected chi connectivity index (χ3v) is 9.57. The first-order chi connectivity index (χ1) is 22.6. The first-order valence-corrected chi connectivity index (χ1v) is 16.8. The second kappa shape index (κ2) is 12.1. The van der Waals surface area contributed by atoms with Crippen LogP contribution in [0.5, 0.6) is 0 Å². The molecule has 8 rings (SSSR count). The average molecular weight is 721 g/mol. The van der Waals surface area contributed by atoms with Crippen LogP contribution in [0.2, 0.25) is 0 Å². The van der Waals surface area contributed by atoms with Crippen LogP contribution in [0.1, 0.15) is 0 Å². The van der Waals surface area contributed by atoms with Crippen LogP contribution in [0.25, 0.3) is 49.7 Å². The summed E-state index contributed by atoms with van der Waals surface area (Å²) in [5.74, 6) is 0. The first-order valence-electron chi connectivity index (χ1n) is 15.2. The largest absolute Gasteiger partial charge is 0.311 e. The maximum absolute atomic E-state index is 3.60. The van der Waals surface area contributed by atoms with Crippen molar-refractivity contribution >= 4 is 70.7 Å². The number of aromatic nitrogens is 1. The number of anilines is 3. The van der Waals surface area contributed by atoms with E-state index < -0.39 is 0 Å². The Morgan fingerprint density at radius 3 is 1.17 bits per heavy atom. The molecule has 0 bridgehead atoms. The smallest absolute Gasteiger partial charge is 0.0541 e. The molecule has 1 heterocycles. The van der Waals surface area contributed by atoms with Crippen LogP contribution in [-0.2, 0) is 0 Å². The SMILES string of the molecule is Brc1ccc(N(c2ccc(Br)cc2)c2ccc(-n3c4ccc(-c5ccccc5)cc4c4cc(-c5ccccc5)ccc43)cc2)cc1. The van der Waals surface area contributed by atoms with Crippen LogP contribution in [0, 0.1) is 0 Å². The third kappa shape index (κ3) is 5.34. The van der Waals surface area contributed by atoms with Gasteiger partial charge in [-0.25, -0.2) is 0 Å². The maximum Gasteiger partial charge on any atom is 0.0541 e. The van der Waals surface area contributed by atoms with Crippen LogP contribution in [-0.4, -0.2) is 4.57 Å². The number of halogens is 2. The van der Waals surface area contributed by atoms with Gasteiger partial charge in [-0.1, -0.05) is 105 Å². The molecule has 7 aromatic carbocycles. The lowest BCUT2D eigenvalue weighted by Gasteiger charge is -2.26. The second-order valence-electron chi connectivity index (χ2n) is 11.3. The van der Waals surface area contributed by atoms with Gasteiger partial charge in [0.15, 0.2) is 0 Å². The molecule has 0 spiro atoms. The van der Waals surface area contributed by atoms with E-state index in [1.165, 1.54) is 44.1 Å². The number of rotatable bonds is 6. The Labute approximate surface area is 285 Å². The lowest BCUT2D eigenvalue weighted by atomic mass is 10.0. The van der Waals surface area contributed by atoms with Gasteiger partial charge in [0.1, 0.15) is 0 Å².